The minimum absolute atomic E-state index is 0.0185. The quantitative estimate of drug-likeness (QED) is 0.370. The summed E-state index contributed by atoms with van der Waals surface area (Å²) in [6.07, 6.45) is -5.73. The van der Waals surface area contributed by atoms with Crippen molar-refractivity contribution in [2.24, 2.45) is 0 Å². The lowest BCUT2D eigenvalue weighted by Gasteiger charge is -2.39. The Hall–Kier alpha value is -3.15. The van der Waals surface area contributed by atoms with E-state index < -0.39 is 42.7 Å². The van der Waals surface area contributed by atoms with Crippen molar-refractivity contribution in [3.63, 3.8) is 0 Å². The number of aromatic hydroxyl groups is 1. The van der Waals surface area contributed by atoms with Gasteiger partial charge in [-0.25, -0.2) is 0 Å². The summed E-state index contributed by atoms with van der Waals surface area (Å²) in [4.78, 5) is 12.9. The molecular weight excluding hydrogens is 424 g/mol. The molecule has 2 aromatic carbocycles. The fraction of sp³-hybridized carbons (Fsp3) is 0.318. The van der Waals surface area contributed by atoms with E-state index in [2.05, 4.69) is 0 Å². The molecule has 4 rings (SSSR count). The van der Waals surface area contributed by atoms with Crippen LogP contribution in [0.5, 0.6) is 17.2 Å². The van der Waals surface area contributed by atoms with E-state index in [4.69, 9.17) is 18.6 Å². The van der Waals surface area contributed by atoms with E-state index in [9.17, 15) is 30.3 Å². The smallest absolute Gasteiger partial charge is 0.229 e. The standard InChI is InChI=1S/C22H22O10/c1-29-12-6-14(24)17-15(7-12)30-9-13(18(17)25)10-2-4-11(5-3-10)31-22-21(28)20(27)19(26)16(8-23)32-22/h2-7,9,16,19-24,26-28H,8H2,1H3/t16-,19+,20+,21+,22+/m1/s1. The van der Waals surface area contributed by atoms with Gasteiger partial charge in [-0.05, 0) is 17.7 Å². The van der Waals surface area contributed by atoms with E-state index in [1.54, 1.807) is 12.1 Å². The summed E-state index contributed by atoms with van der Waals surface area (Å²) < 4.78 is 21.4. The van der Waals surface area contributed by atoms with Crippen molar-refractivity contribution < 1.29 is 44.2 Å². The monoisotopic (exact) mass is 446 g/mol. The minimum Gasteiger partial charge on any atom is -0.507 e. The number of aliphatic hydroxyl groups is 4. The molecule has 170 valence electrons. The summed E-state index contributed by atoms with van der Waals surface area (Å²) in [6.45, 7) is -0.569. The lowest BCUT2D eigenvalue weighted by atomic mass is 9.99. The second-order valence-corrected chi connectivity index (χ2v) is 7.34. The third-order valence-electron chi connectivity index (χ3n) is 5.33. The molecule has 1 aliphatic heterocycles. The van der Waals surface area contributed by atoms with Crippen molar-refractivity contribution in [2.75, 3.05) is 13.7 Å². The molecule has 5 atom stereocenters. The first kappa shape index (κ1) is 22.1. The van der Waals surface area contributed by atoms with Gasteiger partial charge < -0.3 is 44.2 Å². The van der Waals surface area contributed by atoms with Crippen LogP contribution in [-0.4, -0.2) is 70.0 Å². The molecule has 0 spiro atoms. The van der Waals surface area contributed by atoms with Crippen LogP contribution in [0.4, 0.5) is 0 Å². The molecule has 10 heteroatoms. The van der Waals surface area contributed by atoms with Crippen molar-refractivity contribution in [1.82, 2.24) is 0 Å². The summed E-state index contributed by atoms with van der Waals surface area (Å²) >= 11 is 0. The SMILES string of the molecule is COc1cc(O)c2c(=O)c(-c3ccc(O[C@H]4O[C@H](CO)[C@H](O)[C@H](O)[C@@H]4O)cc3)coc2c1. The Morgan fingerprint density at radius 2 is 1.72 bits per heavy atom. The number of aliphatic hydroxyl groups excluding tert-OH is 4. The first-order valence-electron chi connectivity index (χ1n) is 9.74. The predicted molar refractivity (Wildman–Crippen MR) is 111 cm³/mol. The number of phenolic OH excluding ortho intramolecular Hbond substituents is 1. The van der Waals surface area contributed by atoms with Crippen LogP contribution >= 0.6 is 0 Å². The van der Waals surface area contributed by atoms with E-state index in [1.807, 2.05) is 0 Å². The highest BCUT2D eigenvalue weighted by atomic mass is 16.7. The van der Waals surface area contributed by atoms with Crippen LogP contribution in [0.3, 0.4) is 0 Å². The molecule has 1 aromatic heterocycles. The number of methoxy groups -OCH3 is 1. The molecule has 32 heavy (non-hydrogen) atoms. The zero-order chi connectivity index (χ0) is 23.0. The van der Waals surface area contributed by atoms with Crippen LogP contribution in [0.15, 0.2) is 51.9 Å². The van der Waals surface area contributed by atoms with Gasteiger partial charge in [-0.15, -0.1) is 0 Å². The largest absolute Gasteiger partial charge is 0.507 e. The van der Waals surface area contributed by atoms with Crippen molar-refractivity contribution in [1.29, 1.82) is 0 Å². The van der Waals surface area contributed by atoms with Crippen LogP contribution in [-0.2, 0) is 4.74 Å². The van der Waals surface area contributed by atoms with E-state index in [0.29, 0.717) is 11.3 Å². The first-order valence-corrected chi connectivity index (χ1v) is 9.74. The molecule has 10 nitrogen and oxygen atoms in total. The molecule has 5 N–H and O–H groups in total. The molecule has 1 aliphatic rings. The van der Waals surface area contributed by atoms with Gasteiger partial charge in [0.1, 0.15) is 58.9 Å². The van der Waals surface area contributed by atoms with Gasteiger partial charge in [0.05, 0.1) is 19.3 Å². The van der Waals surface area contributed by atoms with Crippen LogP contribution in [0, 0.1) is 0 Å². The second-order valence-electron chi connectivity index (χ2n) is 7.34. The van der Waals surface area contributed by atoms with Crippen LogP contribution < -0.4 is 14.9 Å². The van der Waals surface area contributed by atoms with Crippen molar-refractivity contribution in [3.05, 3.63) is 52.9 Å². The van der Waals surface area contributed by atoms with Gasteiger partial charge in [0.25, 0.3) is 0 Å². The van der Waals surface area contributed by atoms with E-state index >= 15 is 0 Å². The van der Waals surface area contributed by atoms with E-state index in [-0.39, 0.29) is 28.0 Å². The third-order valence-corrected chi connectivity index (χ3v) is 5.33. The highest BCUT2D eigenvalue weighted by Crippen LogP contribution is 2.31. The normalized spacial score (nSPS) is 25.6. The topological polar surface area (TPSA) is 159 Å². The van der Waals surface area contributed by atoms with Gasteiger partial charge in [0, 0.05) is 12.1 Å². The average Bonchev–Trinajstić information content (AvgIpc) is 2.80. The Kier molecular flexibility index (Phi) is 6.04. The molecule has 1 saturated heterocycles. The number of fused-ring (bicyclic) bond motifs is 1. The van der Waals surface area contributed by atoms with Crippen LogP contribution in [0.2, 0.25) is 0 Å². The van der Waals surface area contributed by atoms with Gasteiger partial charge in [-0.3, -0.25) is 4.79 Å². The number of ether oxygens (including phenoxy) is 3. The Bertz CT molecular complexity index is 1150. The Balaban J connectivity index is 1.59. The maximum absolute atomic E-state index is 12.9. The molecule has 0 saturated carbocycles. The Morgan fingerprint density at radius 1 is 1.00 bits per heavy atom. The summed E-state index contributed by atoms with van der Waals surface area (Å²) in [5.74, 6) is 0.328. The predicted octanol–water partition coefficient (Wildman–Crippen LogP) is 0.353. The van der Waals surface area contributed by atoms with Crippen molar-refractivity contribution >= 4 is 11.0 Å². The van der Waals surface area contributed by atoms with Crippen molar-refractivity contribution in [2.45, 2.75) is 30.7 Å². The number of rotatable bonds is 5. The van der Waals surface area contributed by atoms with Crippen LogP contribution in [0.25, 0.3) is 22.1 Å². The minimum atomic E-state index is -1.56. The van der Waals surface area contributed by atoms with E-state index in [0.717, 1.165) is 0 Å². The number of hydrogen-bond acceptors (Lipinski definition) is 10. The molecule has 0 aliphatic carbocycles. The second kappa shape index (κ2) is 8.77. The molecule has 3 aromatic rings. The molecular formula is C22H22O10. The Morgan fingerprint density at radius 3 is 2.38 bits per heavy atom. The fourth-order valence-electron chi connectivity index (χ4n) is 3.54. The maximum atomic E-state index is 12.9. The molecule has 0 unspecified atom stereocenters. The molecule has 2 heterocycles. The van der Waals surface area contributed by atoms with Gasteiger partial charge >= 0.3 is 0 Å². The molecule has 1 fully saturated rings. The van der Waals surface area contributed by atoms with Gasteiger partial charge in [0.2, 0.25) is 11.7 Å². The summed E-state index contributed by atoms with van der Waals surface area (Å²) in [7, 11) is 1.43. The highest BCUT2D eigenvalue weighted by molar-refractivity contribution is 5.88. The lowest BCUT2D eigenvalue weighted by Crippen LogP contribution is -2.60. The highest BCUT2D eigenvalue weighted by Gasteiger charge is 2.44. The maximum Gasteiger partial charge on any atom is 0.229 e. The number of hydrogen-bond donors (Lipinski definition) is 5. The summed E-state index contributed by atoms with van der Waals surface area (Å²) in [5, 5.41) is 49.3. The molecule has 0 amide bonds. The van der Waals surface area contributed by atoms with Crippen molar-refractivity contribution in [3.8, 4) is 28.4 Å². The Labute approximate surface area is 181 Å². The van der Waals surface area contributed by atoms with Gasteiger partial charge in [-0.1, -0.05) is 12.1 Å². The molecule has 0 bridgehead atoms. The average molecular weight is 446 g/mol. The third kappa shape index (κ3) is 3.90. The lowest BCUT2D eigenvalue weighted by molar-refractivity contribution is -0.277. The number of phenols is 1. The first-order chi connectivity index (χ1) is 15.3. The molecule has 0 radical (unpaired) electrons. The fourth-order valence-corrected chi connectivity index (χ4v) is 3.54. The number of benzene rings is 2. The van der Waals surface area contributed by atoms with Gasteiger partial charge in [-0.2, -0.15) is 0 Å². The van der Waals surface area contributed by atoms with Crippen LogP contribution in [0.1, 0.15) is 0 Å². The zero-order valence-electron chi connectivity index (χ0n) is 16.9. The van der Waals surface area contributed by atoms with E-state index in [1.165, 1.54) is 37.6 Å². The summed E-state index contributed by atoms with van der Waals surface area (Å²) in [6, 6.07) is 8.97. The van der Waals surface area contributed by atoms with Gasteiger partial charge in [0.15, 0.2) is 0 Å². The summed E-state index contributed by atoms with van der Waals surface area (Å²) in [5.41, 5.74) is 0.432. The zero-order valence-corrected chi connectivity index (χ0v) is 16.9.